The summed E-state index contributed by atoms with van der Waals surface area (Å²) >= 11 is 0. The molecule has 0 N–H and O–H groups in total. The molecule has 1 spiro atoms. The Bertz CT molecular complexity index is 613. The van der Waals surface area contributed by atoms with Gasteiger partial charge in [0.2, 0.25) is 0 Å². The van der Waals surface area contributed by atoms with Crippen LogP contribution in [-0.2, 0) is 19.1 Å². The summed E-state index contributed by atoms with van der Waals surface area (Å²) in [4.78, 5) is 26.4. The zero-order valence-corrected chi connectivity index (χ0v) is 13.5. The van der Waals surface area contributed by atoms with E-state index in [2.05, 4.69) is 0 Å². The first-order valence-electron chi connectivity index (χ1n) is 8.10. The number of hydrogen-bond donors (Lipinski definition) is 0. The molecule has 1 saturated carbocycles. The van der Waals surface area contributed by atoms with Gasteiger partial charge < -0.3 is 18.8 Å². The molecular formula is C17H21NO5. The van der Waals surface area contributed by atoms with Crippen LogP contribution < -0.4 is 4.90 Å². The molecule has 0 radical (unpaired) electrons. The molecule has 1 aromatic heterocycles. The van der Waals surface area contributed by atoms with E-state index in [0.29, 0.717) is 24.5 Å². The molecule has 1 aliphatic heterocycles. The van der Waals surface area contributed by atoms with Crippen LogP contribution in [0, 0.1) is 0 Å². The Labute approximate surface area is 135 Å². The van der Waals surface area contributed by atoms with Crippen molar-refractivity contribution >= 4 is 23.9 Å². The van der Waals surface area contributed by atoms with E-state index < -0.39 is 17.7 Å². The predicted octanol–water partition coefficient (Wildman–Crippen LogP) is 2.88. The third-order valence-corrected chi connectivity index (χ3v) is 4.34. The van der Waals surface area contributed by atoms with Crippen LogP contribution in [0.2, 0.25) is 0 Å². The molecule has 6 heteroatoms. The van der Waals surface area contributed by atoms with Gasteiger partial charge in [-0.05, 0) is 32.8 Å². The summed E-state index contributed by atoms with van der Waals surface area (Å²) in [7, 11) is 0. The standard InChI is InChI=1S/C17H21NO5/c1-3-18(4-2)14-8-7-12(21-14)11-13-15(19)22-17(23-16(13)20)9-5-6-10-17/h7-8,11H,3-6,9-10H2,1-2H3. The molecule has 2 aliphatic rings. The molecule has 1 saturated heterocycles. The first-order valence-corrected chi connectivity index (χ1v) is 8.10. The lowest BCUT2D eigenvalue weighted by Gasteiger charge is -2.32. The van der Waals surface area contributed by atoms with Crippen molar-refractivity contribution in [2.75, 3.05) is 18.0 Å². The summed E-state index contributed by atoms with van der Waals surface area (Å²) in [5, 5.41) is 0. The smallest absolute Gasteiger partial charge is 0.349 e. The molecule has 0 unspecified atom stereocenters. The molecule has 1 aromatic rings. The number of carbonyl (C=O) groups is 2. The van der Waals surface area contributed by atoms with Crippen molar-refractivity contribution in [3.63, 3.8) is 0 Å². The first kappa shape index (κ1) is 15.6. The number of esters is 2. The van der Waals surface area contributed by atoms with E-state index in [0.717, 1.165) is 25.9 Å². The van der Waals surface area contributed by atoms with Crippen LogP contribution in [0.5, 0.6) is 0 Å². The molecular weight excluding hydrogens is 298 g/mol. The third-order valence-electron chi connectivity index (χ3n) is 4.34. The summed E-state index contributed by atoms with van der Waals surface area (Å²) < 4.78 is 16.4. The van der Waals surface area contributed by atoms with Crippen LogP contribution in [0.15, 0.2) is 22.1 Å². The second-order valence-corrected chi connectivity index (χ2v) is 5.80. The minimum Gasteiger partial charge on any atom is -0.441 e. The lowest BCUT2D eigenvalue weighted by atomic mass is 10.1. The molecule has 0 amide bonds. The van der Waals surface area contributed by atoms with Gasteiger partial charge in [0.1, 0.15) is 11.3 Å². The van der Waals surface area contributed by atoms with Crippen molar-refractivity contribution in [3.8, 4) is 0 Å². The van der Waals surface area contributed by atoms with Gasteiger partial charge in [0.15, 0.2) is 5.88 Å². The van der Waals surface area contributed by atoms with E-state index in [1.54, 1.807) is 6.07 Å². The molecule has 0 atom stereocenters. The molecule has 3 rings (SSSR count). The Morgan fingerprint density at radius 3 is 2.26 bits per heavy atom. The van der Waals surface area contributed by atoms with Gasteiger partial charge in [-0.1, -0.05) is 0 Å². The average molecular weight is 319 g/mol. The van der Waals surface area contributed by atoms with Crippen molar-refractivity contribution in [1.82, 2.24) is 0 Å². The Morgan fingerprint density at radius 1 is 1.09 bits per heavy atom. The van der Waals surface area contributed by atoms with Gasteiger partial charge in [-0.25, -0.2) is 9.59 Å². The normalized spacial score (nSPS) is 19.7. The van der Waals surface area contributed by atoms with Gasteiger partial charge in [-0.2, -0.15) is 0 Å². The highest BCUT2D eigenvalue weighted by Crippen LogP contribution is 2.38. The second-order valence-electron chi connectivity index (χ2n) is 5.80. The number of rotatable bonds is 4. The molecule has 2 fully saturated rings. The lowest BCUT2D eigenvalue weighted by molar-refractivity contribution is -0.232. The third kappa shape index (κ3) is 2.98. The van der Waals surface area contributed by atoms with Crippen LogP contribution in [0.4, 0.5) is 5.88 Å². The van der Waals surface area contributed by atoms with Gasteiger partial charge in [0, 0.05) is 38.1 Å². The predicted molar refractivity (Wildman–Crippen MR) is 83.6 cm³/mol. The molecule has 6 nitrogen and oxygen atoms in total. The Hall–Kier alpha value is -2.24. The topological polar surface area (TPSA) is 69.0 Å². The number of hydrogen-bond acceptors (Lipinski definition) is 6. The van der Waals surface area contributed by atoms with E-state index in [9.17, 15) is 9.59 Å². The van der Waals surface area contributed by atoms with Gasteiger partial charge in [0.25, 0.3) is 5.79 Å². The van der Waals surface area contributed by atoms with Crippen molar-refractivity contribution < 1.29 is 23.5 Å². The summed E-state index contributed by atoms with van der Waals surface area (Å²) in [5.41, 5.74) is -0.122. The highest BCUT2D eigenvalue weighted by atomic mass is 16.7. The monoisotopic (exact) mass is 319 g/mol. The van der Waals surface area contributed by atoms with Crippen molar-refractivity contribution in [2.24, 2.45) is 0 Å². The second kappa shape index (κ2) is 6.10. The molecule has 23 heavy (non-hydrogen) atoms. The van der Waals surface area contributed by atoms with E-state index in [-0.39, 0.29) is 5.57 Å². The Kier molecular flexibility index (Phi) is 4.15. The maximum absolute atomic E-state index is 12.2. The SMILES string of the molecule is CCN(CC)c1ccc(C=C2C(=O)OC3(CCCC3)OC2=O)o1. The van der Waals surface area contributed by atoms with Crippen LogP contribution >= 0.6 is 0 Å². The fourth-order valence-electron chi connectivity index (χ4n) is 3.05. The molecule has 2 heterocycles. The highest BCUT2D eigenvalue weighted by Gasteiger charge is 2.48. The number of nitrogens with zero attached hydrogens (tertiary/aromatic N) is 1. The van der Waals surface area contributed by atoms with Crippen LogP contribution in [-0.4, -0.2) is 30.8 Å². The van der Waals surface area contributed by atoms with Gasteiger partial charge in [-0.15, -0.1) is 0 Å². The Balaban J connectivity index is 1.80. The van der Waals surface area contributed by atoms with Gasteiger partial charge >= 0.3 is 11.9 Å². The summed E-state index contributed by atoms with van der Waals surface area (Å²) in [6.45, 7) is 5.68. The van der Waals surface area contributed by atoms with Gasteiger partial charge in [0.05, 0.1) is 0 Å². The minimum absolute atomic E-state index is 0.122. The fourth-order valence-corrected chi connectivity index (χ4v) is 3.05. The zero-order chi connectivity index (χ0) is 16.4. The van der Waals surface area contributed by atoms with Crippen molar-refractivity contribution in [3.05, 3.63) is 23.5 Å². The first-order chi connectivity index (χ1) is 11.1. The summed E-state index contributed by atoms with van der Waals surface area (Å²) in [6.07, 6.45) is 4.32. The van der Waals surface area contributed by atoms with Crippen molar-refractivity contribution in [2.45, 2.75) is 45.3 Å². The summed E-state index contributed by atoms with van der Waals surface area (Å²) in [5.74, 6) is -1.18. The van der Waals surface area contributed by atoms with E-state index in [4.69, 9.17) is 13.9 Å². The number of anilines is 1. The van der Waals surface area contributed by atoms with E-state index in [1.165, 1.54) is 6.08 Å². The lowest BCUT2D eigenvalue weighted by Crippen LogP contribution is -2.44. The van der Waals surface area contributed by atoms with Crippen LogP contribution in [0.1, 0.15) is 45.3 Å². The molecule has 0 bridgehead atoms. The molecule has 1 aliphatic carbocycles. The number of furan rings is 1. The fraction of sp³-hybridized carbons (Fsp3) is 0.529. The zero-order valence-electron chi connectivity index (χ0n) is 13.5. The van der Waals surface area contributed by atoms with Crippen LogP contribution in [0.25, 0.3) is 6.08 Å². The van der Waals surface area contributed by atoms with Crippen molar-refractivity contribution in [1.29, 1.82) is 0 Å². The minimum atomic E-state index is -1.04. The summed E-state index contributed by atoms with van der Waals surface area (Å²) in [6, 6.07) is 3.54. The average Bonchev–Trinajstić information content (AvgIpc) is 3.15. The van der Waals surface area contributed by atoms with E-state index >= 15 is 0 Å². The quantitative estimate of drug-likeness (QED) is 0.483. The largest absolute Gasteiger partial charge is 0.441 e. The maximum atomic E-state index is 12.2. The molecule has 124 valence electrons. The van der Waals surface area contributed by atoms with Crippen LogP contribution in [0.3, 0.4) is 0 Å². The molecule has 0 aromatic carbocycles. The van der Waals surface area contributed by atoms with E-state index in [1.807, 2.05) is 24.8 Å². The maximum Gasteiger partial charge on any atom is 0.349 e. The highest BCUT2D eigenvalue weighted by molar-refractivity contribution is 6.18. The number of carbonyl (C=O) groups excluding carboxylic acids is 2. The van der Waals surface area contributed by atoms with Gasteiger partial charge in [-0.3, -0.25) is 0 Å². The Morgan fingerprint density at radius 2 is 1.70 bits per heavy atom. The number of ether oxygens (including phenoxy) is 2.